The third-order valence-corrected chi connectivity index (χ3v) is 6.23. The minimum Gasteiger partial charge on any atom is -0.346 e. The lowest BCUT2D eigenvalue weighted by Gasteiger charge is -2.23. The number of hydrogen-bond donors (Lipinski definition) is 1. The summed E-state index contributed by atoms with van der Waals surface area (Å²) in [5.74, 6) is 1.24. The van der Waals surface area contributed by atoms with Gasteiger partial charge in [0.15, 0.2) is 6.54 Å². The summed E-state index contributed by atoms with van der Waals surface area (Å²) in [6, 6.07) is 16.4. The van der Waals surface area contributed by atoms with E-state index < -0.39 is 5.72 Å². The summed E-state index contributed by atoms with van der Waals surface area (Å²) in [7, 11) is 0. The van der Waals surface area contributed by atoms with Crippen LogP contribution >= 0.6 is 31.9 Å². The number of β-amino-alcohol motifs (C(OH)–C–C–N with tert-alkyl or cyclic N) is 1. The highest BCUT2D eigenvalue weighted by atomic mass is 79.9. The normalized spacial score (nSPS) is 23.6. The summed E-state index contributed by atoms with van der Waals surface area (Å²) in [6.07, 6.45) is 4.52. The minimum atomic E-state index is -0.979. The van der Waals surface area contributed by atoms with Gasteiger partial charge in [0.05, 0.1) is 6.54 Å². The van der Waals surface area contributed by atoms with Crippen LogP contribution in [0.15, 0.2) is 57.5 Å². The van der Waals surface area contributed by atoms with Crippen molar-refractivity contribution in [2.45, 2.75) is 31.4 Å². The minimum absolute atomic E-state index is 0.561. The van der Waals surface area contributed by atoms with Crippen molar-refractivity contribution in [3.63, 3.8) is 0 Å². The molecule has 0 fully saturated rings. The first kappa shape index (κ1) is 17.3. The van der Waals surface area contributed by atoms with Crippen LogP contribution in [0.25, 0.3) is 0 Å². The predicted molar refractivity (Wildman–Crippen MR) is 108 cm³/mol. The smallest absolute Gasteiger partial charge is 0.271 e. The first-order valence-corrected chi connectivity index (χ1v) is 10.3. The average Bonchev–Trinajstić information content (AvgIpc) is 2.78. The SMILES string of the molecule is OC1(c2ccc(Br)cc2)CN(c2ccc(Br)cc2)C2=[N+]1CCCCC2. The van der Waals surface area contributed by atoms with Gasteiger partial charge in [-0.2, -0.15) is 0 Å². The third kappa shape index (κ3) is 3.18. The zero-order chi connectivity index (χ0) is 17.4. The molecule has 4 rings (SSSR count). The highest BCUT2D eigenvalue weighted by Gasteiger charge is 2.51. The second kappa shape index (κ2) is 6.86. The molecule has 5 heteroatoms. The summed E-state index contributed by atoms with van der Waals surface area (Å²) in [4.78, 5) is 2.29. The first-order valence-electron chi connectivity index (χ1n) is 8.73. The number of benzene rings is 2. The lowest BCUT2D eigenvalue weighted by atomic mass is 10.0. The lowest BCUT2D eigenvalue weighted by Crippen LogP contribution is -2.41. The number of hydrogen-bond acceptors (Lipinski definition) is 2. The summed E-state index contributed by atoms with van der Waals surface area (Å²) in [6.45, 7) is 1.46. The largest absolute Gasteiger partial charge is 0.346 e. The van der Waals surface area contributed by atoms with Gasteiger partial charge in [-0.3, -0.25) is 0 Å². The van der Waals surface area contributed by atoms with E-state index in [0.717, 1.165) is 39.6 Å². The Morgan fingerprint density at radius 2 is 1.52 bits per heavy atom. The fraction of sp³-hybridized carbons (Fsp3) is 0.350. The molecule has 0 aromatic heterocycles. The van der Waals surface area contributed by atoms with Gasteiger partial charge in [0.2, 0.25) is 0 Å². The number of aliphatic hydroxyl groups is 1. The second-order valence-corrected chi connectivity index (χ2v) is 8.60. The molecule has 1 unspecified atom stereocenters. The van der Waals surface area contributed by atoms with Gasteiger partial charge >= 0.3 is 0 Å². The van der Waals surface area contributed by atoms with E-state index in [1.54, 1.807) is 0 Å². The molecule has 0 bridgehead atoms. The van der Waals surface area contributed by atoms with Crippen LogP contribution in [0, 0.1) is 0 Å². The molecular formula is C20H21Br2N2O+. The van der Waals surface area contributed by atoms with Crippen LogP contribution in [0.4, 0.5) is 5.69 Å². The topological polar surface area (TPSA) is 26.5 Å². The molecule has 0 aliphatic carbocycles. The standard InChI is InChI=1S/C20H21Br2N2O/c21-16-7-5-15(6-8-16)20(25)14-23(18-11-9-17(22)10-12-18)19-4-2-1-3-13-24(19)20/h5-12,25H,1-4,13-14H2/q+1. The molecule has 2 aromatic rings. The Balaban J connectivity index is 1.79. The van der Waals surface area contributed by atoms with Gasteiger partial charge in [-0.15, -0.1) is 0 Å². The fourth-order valence-electron chi connectivity index (χ4n) is 3.90. The van der Waals surface area contributed by atoms with Crippen molar-refractivity contribution in [2.75, 3.05) is 18.0 Å². The van der Waals surface area contributed by atoms with Gasteiger partial charge < -0.3 is 5.11 Å². The van der Waals surface area contributed by atoms with Crippen molar-refractivity contribution in [1.82, 2.24) is 0 Å². The van der Waals surface area contributed by atoms with Gasteiger partial charge in [0, 0.05) is 20.9 Å². The maximum Gasteiger partial charge on any atom is 0.271 e. The second-order valence-electron chi connectivity index (χ2n) is 6.76. The van der Waals surface area contributed by atoms with Crippen LogP contribution in [-0.2, 0) is 5.72 Å². The molecule has 0 amide bonds. The van der Waals surface area contributed by atoms with Crippen molar-refractivity contribution in [3.8, 4) is 0 Å². The van der Waals surface area contributed by atoms with Crippen molar-refractivity contribution in [1.29, 1.82) is 0 Å². The van der Waals surface area contributed by atoms with Crippen LogP contribution in [0.3, 0.4) is 0 Å². The molecule has 1 atom stereocenters. The monoisotopic (exact) mass is 463 g/mol. The maximum absolute atomic E-state index is 11.7. The summed E-state index contributed by atoms with van der Waals surface area (Å²) >= 11 is 7.00. The zero-order valence-corrected chi connectivity index (χ0v) is 17.1. The number of anilines is 1. The molecular weight excluding hydrogens is 444 g/mol. The Kier molecular flexibility index (Phi) is 4.73. The van der Waals surface area contributed by atoms with Gasteiger partial charge in [0.1, 0.15) is 5.69 Å². The Hall–Kier alpha value is -1.17. The number of halogens is 2. The van der Waals surface area contributed by atoms with E-state index in [9.17, 15) is 5.11 Å². The number of rotatable bonds is 2. The molecule has 2 aliphatic heterocycles. The summed E-state index contributed by atoms with van der Waals surface area (Å²) in [5, 5.41) is 11.7. The summed E-state index contributed by atoms with van der Waals surface area (Å²) in [5.41, 5.74) is 1.11. The molecule has 0 radical (unpaired) electrons. The van der Waals surface area contributed by atoms with Crippen LogP contribution in [-0.4, -0.2) is 28.6 Å². The van der Waals surface area contributed by atoms with Crippen LogP contribution in [0.1, 0.15) is 31.2 Å². The van der Waals surface area contributed by atoms with E-state index in [1.807, 2.05) is 24.3 Å². The van der Waals surface area contributed by atoms with Crippen molar-refractivity contribution in [3.05, 3.63) is 63.0 Å². The molecule has 0 spiro atoms. The quantitative estimate of drug-likeness (QED) is 0.642. The molecule has 2 heterocycles. The molecule has 1 N–H and O–H groups in total. The van der Waals surface area contributed by atoms with Crippen molar-refractivity contribution in [2.24, 2.45) is 0 Å². The van der Waals surface area contributed by atoms with Crippen LogP contribution < -0.4 is 4.90 Å². The van der Waals surface area contributed by atoms with Gasteiger partial charge in [-0.25, -0.2) is 9.48 Å². The Bertz CT molecular complexity index is 801. The van der Waals surface area contributed by atoms with Gasteiger partial charge in [0.25, 0.3) is 11.6 Å². The molecule has 0 saturated carbocycles. The lowest BCUT2D eigenvalue weighted by molar-refractivity contribution is -0.658. The average molecular weight is 465 g/mol. The molecule has 25 heavy (non-hydrogen) atoms. The molecule has 130 valence electrons. The van der Waals surface area contributed by atoms with Gasteiger partial charge in [-0.05, 0) is 55.7 Å². The number of nitrogens with zero attached hydrogens (tertiary/aromatic N) is 2. The summed E-state index contributed by atoms with van der Waals surface area (Å²) < 4.78 is 4.33. The molecule has 2 aromatic carbocycles. The van der Waals surface area contributed by atoms with E-state index in [2.05, 4.69) is 65.6 Å². The zero-order valence-electron chi connectivity index (χ0n) is 14.0. The van der Waals surface area contributed by atoms with E-state index in [-0.39, 0.29) is 0 Å². The van der Waals surface area contributed by atoms with E-state index in [0.29, 0.717) is 6.54 Å². The van der Waals surface area contributed by atoms with E-state index in [4.69, 9.17) is 0 Å². The van der Waals surface area contributed by atoms with Crippen molar-refractivity contribution < 1.29 is 9.68 Å². The highest BCUT2D eigenvalue weighted by Crippen LogP contribution is 2.36. The first-order chi connectivity index (χ1) is 12.1. The van der Waals surface area contributed by atoms with Crippen LogP contribution in [0.2, 0.25) is 0 Å². The third-order valence-electron chi connectivity index (χ3n) is 5.18. The Morgan fingerprint density at radius 1 is 0.880 bits per heavy atom. The molecule has 2 aliphatic rings. The Morgan fingerprint density at radius 3 is 2.20 bits per heavy atom. The van der Waals surface area contributed by atoms with Crippen molar-refractivity contribution >= 4 is 43.4 Å². The van der Waals surface area contributed by atoms with Gasteiger partial charge in [-0.1, -0.05) is 44.0 Å². The van der Waals surface area contributed by atoms with Crippen LogP contribution in [0.5, 0.6) is 0 Å². The Labute approximate surface area is 165 Å². The molecule has 0 saturated heterocycles. The number of amidine groups is 1. The van der Waals surface area contributed by atoms with E-state index in [1.165, 1.54) is 18.7 Å². The predicted octanol–water partition coefficient (Wildman–Crippen LogP) is 4.86. The fourth-order valence-corrected chi connectivity index (χ4v) is 4.42. The maximum atomic E-state index is 11.7. The van der Waals surface area contributed by atoms with E-state index >= 15 is 0 Å². The highest BCUT2D eigenvalue weighted by molar-refractivity contribution is 9.10. The molecule has 3 nitrogen and oxygen atoms in total.